The summed E-state index contributed by atoms with van der Waals surface area (Å²) in [6.45, 7) is 2.58. The molecule has 1 rings (SSSR count). The highest BCUT2D eigenvalue weighted by atomic mass is 16.7. The fourth-order valence-electron chi connectivity index (χ4n) is 4.23. The van der Waals surface area contributed by atoms with E-state index in [0.717, 1.165) is 12.8 Å². The van der Waals surface area contributed by atoms with E-state index in [1.54, 1.807) is 0 Å². The number of hydrogen-bond donors (Lipinski definition) is 4. The summed E-state index contributed by atoms with van der Waals surface area (Å²) in [5.74, 6) is 0. The average molecular weight is 477 g/mol. The number of ether oxygens (including phenoxy) is 3. The molecule has 0 saturated carbocycles. The zero-order valence-electron chi connectivity index (χ0n) is 21.0. The highest BCUT2D eigenvalue weighted by molar-refractivity contribution is 4.86. The van der Waals surface area contributed by atoms with Crippen LogP contribution in [0.2, 0.25) is 0 Å². The molecule has 0 aliphatic carbocycles. The van der Waals surface area contributed by atoms with Gasteiger partial charge in [0.15, 0.2) is 6.29 Å². The van der Waals surface area contributed by atoms with Gasteiger partial charge in [-0.15, -0.1) is 0 Å². The van der Waals surface area contributed by atoms with Gasteiger partial charge in [0, 0.05) is 6.61 Å². The van der Waals surface area contributed by atoms with Gasteiger partial charge in [-0.25, -0.2) is 0 Å². The van der Waals surface area contributed by atoms with Gasteiger partial charge < -0.3 is 34.6 Å². The number of hydrogen-bond acceptors (Lipinski definition) is 7. The van der Waals surface area contributed by atoms with Gasteiger partial charge in [-0.2, -0.15) is 0 Å². The summed E-state index contributed by atoms with van der Waals surface area (Å²) in [6.07, 6.45) is 16.2. The Hall–Kier alpha value is -0.280. The van der Waals surface area contributed by atoms with E-state index in [9.17, 15) is 15.3 Å². The number of aliphatic hydroxyl groups is 4. The van der Waals surface area contributed by atoms with Crippen molar-refractivity contribution in [3.05, 3.63) is 0 Å². The summed E-state index contributed by atoms with van der Waals surface area (Å²) in [5.41, 5.74) is 0. The minimum Gasteiger partial charge on any atom is -0.394 e. The minimum atomic E-state index is -1.24. The van der Waals surface area contributed by atoms with Crippen LogP contribution in [0.1, 0.15) is 110 Å². The molecule has 0 aromatic heterocycles. The van der Waals surface area contributed by atoms with Crippen LogP contribution in [0, 0.1) is 0 Å². The van der Waals surface area contributed by atoms with Gasteiger partial charge in [0.05, 0.1) is 19.8 Å². The van der Waals surface area contributed by atoms with Gasteiger partial charge in [0.1, 0.15) is 24.4 Å². The van der Waals surface area contributed by atoms with Crippen molar-refractivity contribution >= 4 is 0 Å². The third-order valence-corrected chi connectivity index (χ3v) is 6.40. The first-order valence-corrected chi connectivity index (χ1v) is 13.6. The molecule has 198 valence electrons. The van der Waals surface area contributed by atoms with Gasteiger partial charge in [-0.1, -0.05) is 103 Å². The number of unbranched alkanes of at least 4 members (excludes halogenated alkanes) is 15. The first kappa shape index (κ1) is 30.8. The van der Waals surface area contributed by atoms with Gasteiger partial charge in [0.2, 0.25) is 0 Å². The van der Waals surface area contributed by atoms with Crippen LogP contribution in [0.4, 0.5) is 0 Å². The molecule has 1 aliphatic heterocycles. The second kappa shape index (κ2) is 21.0. The third kappa shape index (κ3) is 15.4. The fraction of sp³-hybridized carbons (Fsp3) is 1.00. The molecule has 5 unspecified atom stereocenters. The van der Waals surface area contributed by atoms with E-state index in [0.29, 0.717) is 6.61 Å². The van der Waals surface area contributed by atoms with Crippen LogP contribution in [0.25, 0.3) is 0 Å². The van der Waals surface area contributed by atoms with Crippen LogP contribution >= 0.6 is 0 Å². The van der Waals surface area contributed by atoms with Crippen LogP contribution in [0.5, 0.6) is 0 Å². The van der Waals surface area contributed by atoms with Gasteiger partial charge in [-0.3, -0.25) is 0 Å². The maximum atomic E-state index is 9.92. The molecule has 1 heterocycles. The second-order valence-corrected chi connectivity index (χ2v) is 9.57. The first-order valence-electron chi connectivity index (χ1n) is 13.6. The summed E-state index contributed by atoms with van der Waals surface area (Å²) in [6, 6.07) is 0. The summed E-state index contributed by atoms with van der Waals surface area (Å²) in [7, 11) is 0. The molecule has 4 N–H and O–H groups in total. The molecule has 1 fully saturated rings. The Morgan fingerprint density at radius 3 is 1.64 bits per heavy atom. The van der Waals surface area contributed by atoms with Crippen LogP contribution in [0.15, 0.2) is 0 Å². The average Bonchev–Trinajstić information content (AvgIpc) is 3.09. The SMILES string of the molecule is CCCCCCCCCCCCCCCCCCOCC(O)COC1OC(CO)C(O)C1O. The van der Waals surface area contributed by atoms with Crippen LogP contribution < -0.4 is 0 Å². The Balaban J connectivity index is 1.79. The van der Waals surface area contributed by atoms with Crippen molar-refractivity contribution in [2.75, 3.05) is 26.4 Å². The molecule has 1 aliphatic rings. The highest BCUT2D eigenvalue weighted by Gasteiger charge is 2.43. The highest BCUT2D eigenvalue weighted by Crippen LogP contribution is 2.22. The zero-order chi connectivity index (χ0) is 24.2. The third-order valence-electron chi connectivity index (χ3n) is 6.40. The Kier molecular flexibility index (Phi) is 19.6. The van der Waals surface area contributed by atoms with Gasteiger partial charge in [-0.05, 0) is 6.42 Å². The number of aliphatic hydroxyl groups excluding tert-OH is 4. The quantitative estimate of drug-likeness (QED) is 0.165. The lowest BCUT2D eigenvalue weighted by atomic mass is 10.0. The molecule has 7 heteroatoms. The van der Waals surface area contributed by atoms with Crippen molar-refractivity contribution in [1.29, 1.82) is 0 Å². The Labute approximate surface area is 201 Å². The van der Waals surface area contributed by atoms with Crippen molar-refractivity contribution in [2.24, 2.45) is 0 Å². The second-order valence-electron chi connectivity index (χ2n) is 9.57. The summed E-state index contributed by atoms with van der Waals surface area (Å²) in [5, 5.41) is 38.4. The van der Waals surface area contributed by atoms with Gasteiger partial charge in [0.25, 0.3) is 0 Å². The summed E-state index contributed by atoms with van der Waals surface area (Å²) < 4.78 is 16.0. The molecule has 0 aromatic rings. The Bertz CT molecular complexity index is 423. The normalized spacial score (nSPS) is 23.9. The molecule has 0 aromatic carbocycles. The molecule has 5 atom stereocenters. The van der Waals surface area contributed by atoms with E-state index in [1.165, 1.54) is 89.9 Å². The van der Waals surface area contributed by atoms with Crippen LogP contribution in [0.3, 0.4) is 0 Å². The molecule has 33 heavy (non-hydrogen) atoms. The molecule has 0 spiro atoms. The topological polar surface area (TPSA) is 109 Å². The monoisotopic (exact) mass is 476 g/mol. The Morgan fingerprint density at radius 1 is 0.697 bits per heavy atom. The van der Waals surface area contributed by atoms with Crippen molar-refractivity contribution in [3.63, 3.8) is 0 Å². The van der Waals surface area contributed by atoms with Crippen molar-refractivity contribution in [3.8, 4) is 0 Å². The van der Waals surface area contributed by atoms with E-state index in [-0.39, 0.29) is 13.2 Å². The number of rotatable bonds is 23. The standard InChI is InChI=1S/C26H52O7/c1-2-3-4-5-6-7-8-9-10-11-12-13-14-15-16-17-18-31-20-22(28)21-32-26-25(30)24(29)23(19-27)33-26/h22-30H,2-21H2,1H3. The Morgan fingerprint density at radius 2 is 1.18 bits per heavy atom. The zero-order valence-corrected chi connectivity index (χ0v) is 21.0. The lowest BCUT2D eigenvalue weighted by Crippen LogP contribution is -2.36. The largest absolute Gasteiger partial charge is 0.394 e. The van der Waals surface area contributed by atoms with Crippen molar-refractivity contribution in [2.45, 2.75) is 140 Å². The molecule has 0 bridgehead atoms. The van der Waals surface area contributed by atoms with E-state index >= 15 is 0 Å². The first-order chi connectivity index (χ1) is 16.1. The summed E-state index contributed by atoms with van der Waals surface area (Å²) in [4.78, 5) is 0. The van der Waals surface area contributed by atoms with Gasteiger partial charge >= 0.3 is 0 Å². The minimum absolute atomic E-state index is 0.0639. The molecule has 7 nitrogen and oxygen atoms in total. The molecule has 0 amide bonds. The molecular formula is C26H52O7. The van der Waals surface area contributed by atoms with E-state index < -0.39 is 37.3 Å². The lowest BCUT2D eigenvalue weighted by Gasteiger charge is -2.18. The van der Waals surface area contributed by atoms with Crippen molar-refractivity contribution in [1.82, 2.24) is 0 Å². The van der Waals surface area contributed by atoms with E-state index in [1.807, 2.05) is 0 Å². The predicted molar refractivity (Wildman–Crippen MR) is 130 cm³/mol. The molecule has 1 saturated heterocycles. The smallest absolute Gasteiger partial charge is 0.186 e. The molecular weight excluding hydrogens is 424 g/mol. The predicted octanol–water partition coefficient (Wildman–Crippen LogP) is 4.08. The molecule has 0 radical (unpaired) electrons. The maximum Gasteiger partial charge on any atom is 0.186 e. The fourth-order valence-corrected chi connectivity index (χ4v) is 4.23. The van der Waals surface area contributed by atoms with E-state index in [2.05, 4.69) is 6.92 Å². The van der Waals surface area contributed by atoms with Crippen LogP contribution in [-0.4, -0.2) is 77.6 Å². The van der Waals surface area contributed by atoms with Crippen molar-refractivity contribution < 1.29 is 34.6 Å². The summed E-state index contributed by atoms with van der Waals surface area (Å²) >= 11 is 0. The van der Waals surface area contributed by atoms with E-state index in [4.69, 9.17) is 19.3 Å². The van der Waals surface area contributed by atoms with Crippen LogP contribution in [-0.2, 0) is 14.2 Å². The lowest BCUT2D eigenvalue weighted by molar-refractivity contribution is -0.184. The maximum absolute atomic E-state index is 9.92.